The van der Waals surface area contributed by atoms with Gasteiger partial charge >= 0.3 is 0 Å². The van der Waals surface area contributed by atoms with Gasteiger partial charge < -0.3 is 15.2 Å². The Morgan fingerprint density at radius 3 is 2.61 bits per heavy atom. The lowest BCUT2D eigenvalue weighted by Gasteiger charge is -2.16. The summed E-state index contributed by atoms with van der Waals surface area (Å²) in [6.45, 7) is 3.52. The lowest BCUT2D eigenvalue weighted by atomic mass is 10.0. The molecular formula is C18H21BrFNO2. The minimum atomic E-state index is -0.616. The lowest BCUT2D eigenvalue weighted by Crippen LogP contribution is -2.33. The molecule has 0 saturated heterocycles. The van der Waals surface area contributed by atoms with Crippen LogP contribution in [0.1, 0.15) is 18.4 Å². The van der Waals surface area contributed by atoms with Crippen LogP contribution in [-0.4, -0.2) is 30.9 Å². The molecule has 2 aromatic rings. The van der Waals surface area contributed by atoms with Gasteiger partial charge in [-0.2, -0.15) is 0 Å². The zero-order valence-corrected chi connectivity index (χ0v) is 14.6. The van der Waals surface area contributed by atoms with E-state index < -0.39 is 6.10 Å². The van der Waals surface area contributed by atoms with Gasteiger partial charge in [0.05, 0.1) is 0 Å². The molecule has 0 amide bonds. The van der Waals surface area contributed by atoms with Crippen molar-refractivity contribution in [3.05, 3.63) is 64.4 Å². The fraction of sp³-hybridized carbons (Fsp3) is 0.333. The summed E-state index contributed by atoms with van der Waals surface area (Å²) < 4.78 is 19.3. The van der Waals surface area contributed by atoms with Gasteiger partial charge in [0.15, 0.2) is 0 Å². The predicted molar refractivity (Wildman–Crippen MR) is 93.3 cm³/mol. The molecule has 124 valence electrons. The molecule has 0 radical (unpaired) electrons. The molecule has 3 nitrogen and oxygen atoms in total. The summed E-state index contributed by atoms with van der Waals surface area (Å²) in [6, 6.07) is 14.0. The van der Waals surface area contributed by atoms with Crippen molar-refractivity contribution in [2.45, 2.75) is 18.9 Å². The van der Waals surface area contributed by atoms with Crippen LogP contribution in [0, 0.1) is 5.82 Å². The fourth-order valence-electron chi connectivity index (χ4n) is 2.18. The molecule has 2 atom stereocenters. The van der Waals surface area contributed by atoms with Gasteiger partial charge in [0.1, 0.15) is 24.3 Å². The van der Waals surface area contributed by atoms with Crippen molar-refractivity contribution in [3.8, 4) is 5.75 Å². The Labute approximate surface area is 144 Å². The zero-order chi connectivity index (χ0) is 16.7. The van der Waals surface area contributed by atoms with Crippen LogP contribution in [0.4, 0.5) is 4.39 Å². The highest BCUT2D eigenvalue weighted by molar-refractivity contribution is 9.10. The van der Waals surface area contributed by atoms with Crippen molar-refractivity contribution >= 4 is 15.9 Å². The average Bonchev–Trinajstić information content (AvgIpc) is 2.54. The van der Waals surface area contributed by atoms with Gasteiger partial charge in [-0.3, -0.25) is 0 Å². The molecule has 0 aliphatic rings. The number of rotatable bonds is 8. The summed E-state index contributed by atoms with van der Waals surface area (Å²) in [4.78, 5) is 0. The van der Waals surface area contributed by atoms with Crippen molar-refractivity contribution in [3.63, 3.8) is 0 Å². The molecule has 0 aromatic heterocycles. The molecule has 0 heterocycles. The number of hydrogen-bond donors (Lipinski definition) is 2. The van der Waals surface area contributed by atoms with Gasteiger partial charge in [0, 0.05) is 17.6 Å². The topological polar surface area (TPSA) is 41.5 Å². The Morgan fingerprint density at radius 2 is 1.91 bits per heavy atom. The first-order chi connectivity index (χ1) is 11.0. The first-order valence-electron chi connectivity index (χ1n) is 7.57. The number of aliphatic hydroxyl groups is 1. The second kappa shape index (κ2) is 9.01. The molecule has 0 saturated carbocycles. The third kappa shape index (κ3) is 6.29. The Balaban J connectivity index is 1.68. The number of benzene rings is 2. The monoisotopic (exact) mass is 381 g/mol. The number of aliphatic hydroxyl groups excluding tert-OH is 1. The number of hydrogen-bond acceptors (Lipinski definition) is 3. The molecule has 2 aromatic carbocycles. The molecule has 0 unspecified atom stereocenters. The van der Waals surface area contributed by atoms with Gasteiger partial charge in [-0.1, -0.05) is 35.0 Å². The van der Waals surface area contributed by atoms with Gasteiger partial charge in [-0.25, -0.2) is 4.39 Å². The molecule has 0 aliphatic carbocycles. The van der Waals surface area contributed by atoms with E-state index in [2.05, 4.69) is 40.3 Å². The van der Waals surface area contributed by atoms with E-state index in [9.17, 15) is 9.50 Å². The first kappa shape index (κ1) is 17.9. The highest BCUT2D eigenvalue weighted by Gasteiger charge is 2.09. The van der Waals surface area contributed by atoms with Gasteiger partial charge in [0.25, 0.3) is 0 Å². The maximum absolute atomic E-state index is 12.8. The van der Waals surface area contributed by atoms with Crippen molar-refractivity contribution in [1.82, 2.24) is 5.32 Å². The number of ether oxygens (including phenoxy) is 1. The van der Waals surface area contributed by atoms with E-state index >= 15 is 0 Å². The summed E-state index contributed by atoms with van der Waals surface area (Å²) in [6.07, 6.45) is -0.616. The second-order valence-electron chi connectivity index (χ2n) is 5.53. The van der Waals surface area contributed by atoms with Crippen LogP contribution in [0.25, 0.3) is 0 Å². The summed E-state index contributed by atoms with van der Waals surface area (Å²) in [7, 11) is 0. The van der Waals surface area contributed by atoms with E-state index in [-0.39, 0.29) is 12.4 Å². The smallest absolute Gasteiger partial charge is 0.123 e. The van der Waals surface area contributed by atoms with E-state index in [1.807, 2.05) is 12.1 Å². The predicted octanol–water partition coefficient (Wildman–Crippen LogP) is 3.72. The largest absolute Gasteiger partial charge is 0.491 e. The fourth-order valence-corrected chi connectivity index (χ4v) is 2.60. The van der Waals surface area contributed by atoms with E-state index in [0.717, 1.165) is 11.0 Å². The molecule has 5 heteroatoms. The second-order valence-corrected chi connectivity index (χ2v) is 6.45. The average molecular weight is 382 g/mol. The molecule has 0 aliphatic heterocycles. The van der Waals surface area contributed by atoms with Gasteiger partial charge in [-0.15, -0.1) is 0 Å². The SMILES string of the molecule is C[C@@H](CNC[C@H](O)COc1ccc(F)cc1)c1cccc(Br)c1. The van der Waals surface area contributed by atoms with Crippen molar-refractivity contribution in [2.24, 2.45) is 0 Å². The van der Waals surface area contributed by atoms with E-state index in [0.29, 0.717) is 18.2 Å². The first-order valence-corrected chi connectivity index (χ1v) is 8.36. The Morgan fingerprint density at radius 1 is 1.17 bits per heavy atom. The standard InChI is InChI=1S/C18H21BrFNO2/c1-13(14-3-2-4-15(19)9-14)10-21-11-17(22)12-23-18-7-5-16(20)6-8-18/h2-9,13,17,21-22H,10-12H2,1H3/t13-,17-/m0/s1. The van der Waals surface area contributed by atoms with Crippen molar-refractivity contribution in [1.29, 1.82) is 0 Å². The summed E-state index contributed by atoms with van der Waals surface area (Å²) in [5.41, 5.74) is 1.24. The van der Waals surface area contributed by atoms with Crippen LogP contribution in [0.15, 0.2) is 53.0 Å². The van der Waals surface area contributed by atoms with E-state index in [4.69, 9.17) is 4.74 Å². The summed E-state index contributed by atoms with van der Waals surface area (Å²) >= 11 is 3.47. The normalized spacial score (nSPS) is 13.6. The molecular weight excluding hydrogens is 361 g/mol. The maximum Gasteiger partial charge on any atom is 0.123 e. The Kier molecular flexibility index (Phi) is 7.02. The quantitative estimate of drug-likeness (QED) is 0.731. The highest BCUT2D eigenvalue weighted by Crippen LogP contribution is 2.19. The van der Waals surface area contributed by atoms with Crippen LogP contribution < -0.4 is 10.1 Å². The molecule has 0 spiro atoms. The van der Waals surface area contributed by atoms with Crippen LogP contribution >= 0.6 is 15.9 Å². The third-order valence-corrected chi connectivity index (χ3v) is 4.00. The number of nitrogens with one attached hydrogen (secondary N) is 1. The van der Waals surface area contributed by atoms with Gasteiger partial charge in [0.2, 0.25) is 0 Å². The van der Waals surface area contributed by atoms with Crippen LogP contribution in [0.5, 0.6) is 5.75 Å². The minimum absolute atomic E-state index is 0.171. The van der Waals surface area contributed by atoms with Crippen molar-refractivity contribution in [2.75, 3.05) is 19.7 Å². The molecule has 23 heavy (non-hydrogen) atoms. The minimum Gasteiger partial charge on any atom is -0.491 e. The van der Waals surface area contributed by atoms with E-state index in [1.54, 1.807) is 12.1 Å². The Hall–Kier alpha value is -1.43. The molecule has 0 fully saturated rings. The summed E-state index contributed by atoms with van der Waals surface area (Å²) in [5, 5.41) is 13.2. The van der Waals surface area contributed by atoms with Gasteiger partial charge in [-0.05, 0) is 47.9 Å². The Bertz CT molecular complexity index is 606. The maximum atomic E-state index is 12.8. The van der Waals surface area contributed by atoms with Crippen LogP contribution in [0.2, 0.25) is 0 Å². The zero-order valence-electron chi connectivity index (χ0n) is 13.0. The third-order valence-electron chi connectivity index (χ3n) is 3.50. The van der Waals surface area contributed by atoms with Crippen LogP contribution in [-0.2, 0) is 0 Å². The molecule has 2 rings (SSSR count). The molecule has 2 N–H and O–H groups in total. The summed E-state index contributed by atoms with van der Waals surface area (Å²) in [5.74, 6) is 0.590. The van der Waals surface area contributed by atoms with Crippen LogP contribution in [0.3, 0.4) is 0 Å². The molecule has 0 bridgehead atoms. The lowest BCUT2D eigenvalue weighted by molar-refractivity contribution is 0.106. The van der Waals surface area contributed by atoms with E-state index in [1.165, 1.54) is 17.7 Å². The van der Waals surface area contributed by atoms with Crippen molar-refractivity contribution < 1.29 is 14.2 Å². The number of halogens is 2. The highest BCUT2D eigenvalue weighted by atomic mass is 79.9.